The highest BCUT2D eigenvalue weighted by atomic mass is 16.5. The Labute approximate surface area is 175 Å². The SMILES string of the molecule is C=C1C(=O)[C@@]23C[C@H](O)[C@@H]4C(C)(C)[C@@H](C)[C@@H](C)C[C@@]4(C)[C@@H]2[C@@H](C)[C@H](OC(C)=O)[C@H]1C3. The van der Waals surface area contributed by atoms with Gasteiger partial charge in [0.25, 0.3) is 0 Å². The fourth-order valence-electron chi connectivity index (χ4n) is 9.26. The standard InChI is InChI=1S/C25H38O4/c1-12-9-24(8)20-14(3)19(29-16(5)26)17-10-25(20,22(28)13(17)2)11-18(27)21(24)23(6,7)15(12)4/h12,14-15,17-21,27H,2,9-11H2,1,3-8H3/t12-,14-,15-,17-,18-,19-,20-,21+,24-,25-/m0/s1. The molecule has 29 heavy (non-hydrogen) atoms. The Morgan fingerprint density at radius 2 is 1.72 bits per heavy atom. The zero-order valence-electron chi connectivity index (χ0n) is 19.1. The summed E-state index contributed by atoms with van der Waals surface area (Å²) in [6.45, 7) is 19.3. The van der Waals surface area contributed by atoms with E-state index in [0.717, 1.165) is 6.42 Å². The van der Waals surface area contributed by atoms with Gasteiger partial charge in [0.15, 0.2) is 5.78 Å². The van der Waals surface area contributed by atoms with Crippen molar-refractivity contribution in [2.75, 3.05) is 0 Å². The Kier molecular flexibility index (Phi) is 4.50. The van der Waals surface area contributed by atoms with Crippen molar-refractivity contribution in [1.82, 2.24) is 0 Å². The minimum absolute atomic E-state index is 0.0282. The molecule has 1 spiro atoms. The molecule has 10 atom stereocenters. The van der Waals surface area contributed by atoms with E-state index in [9.17, 15) is 14.7 Å². The second-order valence-electron chi connectivity index (χ2n) is 11.8. The highest BCUT2D eigenvalue weighted by molar-refractivity contribution is 6.03. The quantitative estimate of drug-likeness (QED) is 0.521. The molecule has 4 rings (SSSR count). The van der Waals surface area contributed by atoms with E-state index in [1.807, 2.05) is 0 Å². The Morgan fingerprint density at radius 3 is 2.31 bits per heavy atom. The van der Waals surface area contributed by atoms with Crippen LogP contribution in [0.3, 0.4) is 0 Å². The van der Waals surface area contributed by atoms with Gasteiger partial charge in [-0.25, -0.2) is 0 Å². The lowest BCUT2D eigenvalue weighted by Gasteiger charge is -2.68. The summed E-state index contributed by atoms with van der Waals surface area (Å²) in [6.07, 6.45) is 1.40. The highest BCUT2D eigenvalue weighted by Crippen LogP contribution is 2.73. The monoisotopic (exact) mass is 402 g/mol. The molecule has 0 heterocycles. The van der Waals surface area contributed by atoms with Crippen LogP contribution >= 0.6 is 0 Å². The van der Waals surface area contributed by atoms with Crippen LogP contribution in [0.25, 0.3) is 0 Å². The molecule has 4 nitrogen and oxygen atoms in total. The third kappa shape index (κ3) is 2.47. The molecular weight excluding hydrogens is 364 g/mol. The van der Waals surface area contributed by atoms with Crippen LogP contribution in [0, 0.1) is 51.8 Å². The van der Waals surface area contributed by atoms with Crippen molar-refractivity contribution in [1.29, 1.82) is 0 Å². The maximum absolute atomic E-state index is 13.6. The first-order chi connectivity index (χ1) is 13.3. The van der Waals surface area contributed by atoms with Gasteiger partial charge in [-0.3, -0.25) is 9.59 Å². The number of esters is 1. The predicted octanol–water partition coefficient (Wildman–Crippen LogP) is 4.40. The number of ketones is 1. The van der Waals surface area contributed by atoms with Gasteiger partial charge in [-0.05, 0) is 65.3 Å². The molecule has 0 amide bonds. The summed E-state index contributed by atoms with van der Waals surface area (Å²) in [7, 11) is 0. The zero-order valence-corrected chi connectivity index (χ0v) is 19.1. The summed E-state index contributed by atoms with van der Waals surface area (Å²) in [5, 5.41) is 11.5. The first-order valence-electron chi connectivity index (χ1n) is 11.4. The van der Waals surface area contributed by atoms with Crippen LogP contribution < -0.4 is 0 Å². The predicted molar refractivity (Wildman–Crippen MR) is 112 cm³/mol. The summed E-state index contributed by atoms with van der Waals surface area (Å²) >= 11 is 0. The van der Waals surface area contributed by atoms with Crippen LogP contribution in [0.5, 0.6) is 0 Å². The number of fused-ring (bicyclic) bond motifs is 3. The highest BCUT2D eigenvalue weighted by Gasteiger charge is 2.73. The Balaban J connectivity index is 1.89. The molecule has 0 radical (unpaired) electrons. The molecule has 0 aromatic carbocycles. The number of rotatable bonds is 1. The number of aliphatic hydroxyl groups is 1. The smallest absolute Gasteiger partial charge is 0.302 e. The van der Waals surface area contributed by atoms with Gasteiger partial charge in [-0.15, -0.1) is 0 Å². The van der Waals surface area contributed by atoms with Crippen LogP contribution in [-0.2, 0) is 14.3 Å². The van der Waals surface area contributed by atoms with Crippen LogP contribution in [0.4, 0.5) is 0 Å². The van der Waals surface area contributed by atoms with Gasteiger partial charge in [-0.1, -0.05) is 48.1 Å². The van der Waals surface area contributed by atoms with Crippen LogP contribution in [0.2, 0.25) is 0 Å². The van der Waals surface area contributed by atoms with Crippen molar-refractivity contribution >= 4 is 11.8 Å². The third-order valence-corrected chi connectivity index (χ3v) is 10.1. The van der Waals surface area contributed by atoms with Crippen LogP contribution in [0.1, 0.15) is 67.7 Å². The molecule has 4 aliphatic carbocycles. The van der Waals surface area contributed by atoms with Gasteiger partial charge in [-0.2, -0.15) is 0 Å². The average molecular weight is 403 g/mol. The van der Waals surface area contributed by atoms with Crippen molar-refractivity contribution in [3.05, 3.63) is 12.2 Å². The zero-order chi connectivity index (χ0) is 21.7. The summed E-state index contributed by atoms with van der Waals surface area (Å²) in [4.78, 5) is 25.6. The summed E-state index contributed by atoms with van der Waals surface area (Å²) in [5.41, 5.74) is -0.162. The van der Waals surface area contributed by atoms with E-state index in [0.29, 0.717) is 30.3 Å². The molecule has 0 aromatic heterocycles. The molecule has 0 unspecified atom stereocenters. The number of carbonyl (C=O) groups excluding carboxylic acids is 2. The van der Waals surface area contributed by atoms with E-state index in [1.54, 1.807) is 0 Å². The molecule has 0 saturated heterocycles. The summed E-state index contributed by atoms with van der Waals surface area (Å²) in [6, 6.07) is 0. The van der Waals surface area contributed by atoms with Gasteiger partial charge in [0, 0.05) is 18.3 Å². The van der Waals surface area contributed by atoms with E-state index in [1.165, 1.54) is 6.92 Å². The number of ether oxygens (including phenoxy) is 1. The number of aliphatic hydroxyl groups excluding tert-OH is 1. The second kappa shape index (κ2) is 6.18. The molecule has 1 N–H and O–H groups in total. The first-order valence-corrected chi connectivity index (χ1v) is 11.4. The third-order valence-electron chi connectivity index (χ3n) is 10.1. The Hall–Kier alpha value is -1.16. The summed E-state index contributed by atoms with van der Waals surface area (Å²) < 4.78 is 5.84. The van der Waals surface area contributed by atoms with Gasteiger partial charge in [0.1, 0.15) is 6.10 Å². The normalized spacial score (nSPS) is 53.2. The molecular formula is C25H38O4. The lowest BCUT2D eigenvalue weighted by atomic mass is 9.36. The van der Waals surface area contributed by atoms with E-state index in [4.69, 9.17) is 4.74 Å². The Bertz CT molecular complexity index is 769. The molecule has 162 valence electrons. The molecule has 0 aliphatic heterocycles. The van der Waals surface area contributed by atoms with Gasteiger partial charge >= 0.3 is 5.97 Å². The fraction of sp³-hybridized carbons (Fsp3) is 0.840. The largest absolute Gasteiger partial charge is 0.462 e. The maximum atomic E-state index is 13.6. The fourth-order valence-corrected chi connectivity index (χ4v) is 9.26. The van der Waals surface area contributed by atoms with Crippen LogP contribution in [-0.4, -0.2) is 29.1 Å². The number of carbonyl (C=O) groups is 2. The summed E-state index contributed by atoms with van der Waals surface area (Å²) in [5.74, 6) is 0.998. The van der Waals surface area contributed by atoms with Crippen molar-refractivity contribution in [3.8, 4) is 0 Å². The van der Waals surface area contributed by atoms with Gasteiger partial charge in [0.2, 0.25) is 0 Å². The molecule has 4 aliphatic rings. The Morgan fingerprint density at radius 1 is 1.10 bits per heavy atom. The van der Waals surface area contributed by atoms with E-state index >= 15 is 0 Å². The maximum Gasteiger partial charge on any atom is 0.302 e. The molecule has 4 fully saturated rings. The molecule has 4 saturated carbocycles. The van der Waals surface area contributed by atoms with Crippen molar-refractivity contribution < 1.29 is 19.4 Å². The minimum atomic E-state index is -0.557. The number of hydrogen-bond donors (Lipinski definition) is 1. The number of Topliss-reactive ketones (excluding diaryl/α,β-unsaturated/α-hetero) is 1. The van der Waals surface area contributed by atoms with Crippen molar-refractivity contribution in [2.45, 2.75) is 79.9 Å². The molecule has 0 aromatic rings. The first kappa shape index (κ1) is 21.1. The average Bonchev–Trinajstić information content (AvgIpc) is 2.78. The lowest BCUT2D eigenvalue weighted by Crippen LogP contribution is -2.67. The van der Waals surface area contributed by atoms with Gasteiger partial charge < -0.3 is 9.84 Å². The number of hydrogen-bond acceptors (Lipinski definition) is 4. The second-order valence-corrected chi connectivity index (χ2v) is 11.8. The van der Waals surface area contributed by atoms with E-state index < -0.39 is 11.5 Å². The molecule has 4 heteroatoms. The van der Waals surface area contributed by atoms with Crippen LogP contribution in [0.15, 0.2) is 12.2 Å². The van der Waals surface area contributed by atoms with Crippen molar-refractivity contribution in [2.24, 2.45) is 51.8 Å². The lowest BCUT2D eigenvalue weighted by molar-refractivity contribution is -0.243. The minimum Gasteiger partial charge on any atom is -0.462 e. The van der Waals surface area contributed by atoms with Gasteiger partial charge in [0.05, 0.1) is 6.10 Å². The van der Waals surface area contributed by atoms with E-state index in [2.05, 4.69) is 48.1 Å². The topological polar surface area (TPSA) is 63.6 Å². The van der Waals surface area contributed by atoms with E-state index in [-0.39, 0.29) is 52.4 Å². The van der Waals surface area contributed by atoms with Crippen molar-refractivity contribution in [3.63, 3.8) is 0 Å². The molecule has 2 bridgehead atoms.